The van der Waals surface area contributed by atoms with Gasteiger partial charge in [-0.05, 0) is 41.8 Å². The van der Waals surface area contributed by atoms with Crippen LogP contribution < -0.4 is 9.47 Å². The largest absolute Gasteiger partial charge is 0.497 e. The predicted molar refractivity (Wildman–Crippen MR) is 90.6 cm³/mol. The standard InChI is InChI=1S/C19H21NO3/c1-21-17-7-3-14(4-8-17)11-16-13-23-19(20-16)12-15-5-9-18(22-2)10-6-15/h3-10,16H,11-13H2,1-2H3. The highest BCUT2D eigenvalue weighted by molar-refractivity contribution is 5.80. The van der Waals surface area contributed by atoms with E-state index in [0.717, 1.165) is 30.2 Å². The summed E-state index contributed by atoms with van der Waals surface area (Å²) < 4.78 is 16.1. The normalized spacial score (nSPS) is 16.6. The molecule has 1 atom stereocenters. The van der Waals surface area contributed by atoms with Crippen molar-refractivity contribution in [2.75, 3.05) is 20.8 Å². The van der Waals surface area contributed by atoms with Crippen molar-refractivity contribution in [1.29, 1.82) is 0 Å². The number of nitrogens with zero attached hydrogens (tertiary/aromatic N) is 1. The van der Waals surface area contributed by atoms with Gasteiger partial charge in [-0.15, -0.1) is 0 Å². The number of benzene rings is 2. The first-order valence-corrected chi connectivity index (χ1v) is 7.72. The Morgan fingerprint density at radius 1 is 0.913 bits per heavy atom. The minimum absolute atomic E-state index is 0.191. The van der Waals surface area contributed by atoms with E-state index in [0.29, 0.717) is 6.61 Å². The summed E-state index contributed by atoms with van der Waals surface area (Å²) in [4.78, 5) is 4.70. The van der Waals surface area contributed by atoms with Crippen molar-refractivity contribution in [2.24, 2.45) is 4.99 Å². The molecule has 0 aliphatic carbocycles. The lowest BCUT2D eigenvalue weighted by atomic mass is 10.1. The Labute approximate surface area is 136 Å². The quantitative estimate of drug-likeness (QED) is 0.822. The number of ether oxygens (including phenoxy) is 3. The molecule has 1 heterocycles. The zero-order valence-corrected chi connectivity index (χ0v) is 13.5. The average molecular weight is 311 g/mol. The first-order valence-electron chi connectivity index (χ1n) is 7.72. The number of methoxy groups -OCH3 is 2. The van der Waals surface area contributed by atoms with Crippen LogP contribution >= 0.6 is 0 Å². The van der Waals surface area contributed by atoms with Crippen molar-refractivity contribution >= 4 is 5.90 Å². The molecule has 0 saturated carbocycles. The minimum Gasteiger partial charge on any atom is -0.497 e. The third kappa shape index (κ3) is 4.03. The molecule has 1 unspecified atom stereocenters. The maximum Gasteiger partial charge on any atom is 0.188 e. The molecule has 0 fully saturated rings. The van der Waals surface area contributed by atoms with Crippen LogP contribution in [0.25, 0.3) is 0 Å². The van der Waals surface area contributed by atoms with E-state index in [1.165, 1.54) is 11.1 Å². The Morgan fingerprint density at radius 3 is 2.04 bits per heavy atom. The third-order valence-electron chi connectivity index (χ3n) is 3.91. The average Bonchev–Trinajstić information content (AvgIpc) is 3.03. The minimum atomic E-state index is 0.191. The van der Waals surface area contributed by atoms with Crippen LogP contribution in [-0.4, -0.2) is 32.8 Å². The SMILES string of the molecule is COc1ccc(CC2=NC(Cc3ccc(OC)cc3)CO2)cc1. The molecule has 2 aromatic rings. The molecule has 3 rings (SSSR count). The topological polar surface area (TPSA) is 40.0 Å². The Morgan fingerprint density at radius 2 is 1.48 bits per heavy atom. The fourth-order valence-corrected chi connectivity index (χ4v) is 2.62. The van der Waals surface area contributed by atoms with Gasteiger partial charge in [-0.25, -0.2) is 4.99 Å². The van der Waals surface area contributed by atoms with Crippen LogP contribution in [0.15, 0.2) is 53.5 Å². The first kappa shape index (κ1) is 15.4. The van der Waals surface area contributed by atoms with Gasteiger partial charge in [-0.2, -0.15) is 0 Å². The van der Waals surface area contributed by atoms with Gasteiger partial charge in [0, 0.05) is 6.42 Å². The fourth-order valence-electron chi connectivity index (χ4n) is 2.62. The lowest BCUT2D eigenvalue weighted by molar-refractivity contribution is 0.311. The van der Waals surface area contributed by atoms with E-state index in [4.69, 9.17) is 19.2 Å². The maximum atomic E-state index is 5.74. The van der Waals surface area contributed by atoms with Crippen LogP contribution in [0, 0.1) is 0 Å². The summed E-state index contributed by atoms with van der Waals surface area (Å²) in [6.45, 7) is 0.650. The highest BCUT2D eigenvalue weighted by atomic mass is 16.5. The Hall–Kier alpha value is -2.49. The Bertz CT molecular complexity index is 662. The number of hydrogen-bond donors (Lipinski definition) is 0. The molecule has 0 bridgehead atoms. The Kier molecular flexibility index (Phi) is 4.81. The zero-order valence-electron chi connectivity index (χ0n) is 13.5. The highest BCUT2D eigenvalue weighted by Crippen LogP contribution is 2.18. The predicted octanol–water partition coefficient (Wildman–Crippen LogP) is 3.29. The van der Waals surface area contributed by atoms with Crippen molar-refractivity contribution in [3.05, 3.63) is 59.7 Å². The molecule has 0 radical (unpaired) electrons. The first-order chi connectivity index (χ1) is 11.3. The maximum absolute atomic E-state index is 5.74. The lowest BCUT2D eigenvalue weighted by Gasteiger charge is -2.06. The molecule has 1 aliphatic rings. The molecule has 2 aromatic carbocycles. The van der Waals surface area contributed by atoms with Gasteiger partial charge >= 0.3 is 0 Å². The zero-order chi connectivity index (χ0) is 16.1. The highest BCUT2D eigenvalue weighted by Gasteiger charge is 2.19. The summed E-state index contributed by atoms with van der Waals surface area (Å²) in [5, 5.41) is 0. The molecule has 0 spiro atoms. The summed E-state index contributed by atoms with van der Waals surface area (Å²) in [5.74, 6) is 2.55. The molecular weight excluding hydrogens is 290 g/mol. The molecule has 1 aliphatic heterocycles. The van der Waals surface area contributed by atoms with E-state index >= 15 is 0 Å². The molecule has 0 saturated heterocycles. The summed E-state index contributed by atoms with van der Waals surface area (Å²) >= 11 is 0. The summed E-state index contributed by atoms with van der Waals surface area (Å²) in [6.07, 6.45) is 1.61. The summed E-state index contributed by atoms with van der Waals surface area (Å²) in [5.41, 5.74) is 2.42. The van der Waals surface area contributed by atoms with Gasteiger partial charge < -0.3 is 14.2 Å². The van der Waals surface area contributed by atoms with E-state index in [2.05, 4.69) is 12.1 Å². The van der Waals surface area contributed by atoms with Crippen LogP contribution in [-0.2, 0) is 17.6 Å². The van der Waals surface area contributed by atoms with Crippen molar-refractivity contribution in [3.8, 4) is 11.5 Å². The molecule has 120 valence electrons. The Balaban J connectivity index is 1.58. The van der Waals surface area contributed by atoms with E-state index in [-0.39, 0.29) is 6.04 Å². The molecule has 0 aromatic heterocycles. The van der Waals surface area contributed by atoms with Crippen molar-refractivity contribution in [1.82, 2.24) is 0 Å². The summed E-state index contributed by atoms with van der Waals surface area (Å²) in [6, 6.07) is 16.3. The van der Waals surface area contributed by atoms with Crippen LogP contribution in [0.1, 0.15) is 11.1 Å². The van der Waals surface area contributed by atoms with Crippen LogP contribution in [0.2, 0.25) is 0 Å². The van der Waals surface area contributed by atoms with Gasteiger partial charge in [0.05, 0.1) is 20.3 Å². The van der Waals surface area contributed by atoms with Gasteiger partial charge in [-0.1, -0.05) is 24.3 Å². The second-order valence-electron chi connectivity index (χ2n) is 5.56. The van der Waals surface area contributed by atoms with Gasteiger partial charge in [-0.3, -0.25) is 0 Å². The van der Waals surface area contributed by atoms with E-state index in [1.807, 2.05) is 36.4 Å². The van der Waals surface area contributed by atoms with E-state index < -0.39 is 0 Å². The van der Waals surface area contributed by atoms with Crippen LogP contribution in [0.4, 0.5) is 0 Å². The van der Waals surface area contributed by atoms with Crippen molar-refractivity contribution in [2.45, 2.75) is 18.9 Å². The van der Waals surface area contributed by atoms with Gasteiger partial charge in [0.15, 0.2) is 5.90 Å². The van der Waals surface area contributed by atoms with E-state index in [1.54, 1.807) is 14.2 Å². The molecule has 4 heteroatoms. The third-order valence-corrected chi connectivity index (χ3v) is 3.91. The lowest BCUT2D eigenvalue weighted by Crippen LogP contribution is -2.09. The van der Waals surface area contributed by atoms with Gasteiger partial charge in [0.2, 0.25) is 0 Å². The summed E-state index contributed by atoms with van der Waals surface area (Å²) in [7, 11) is 3.35. The number of aliphatic imine (C=N–C) groups is 1. The molecule has 0 N–H and O–H groups in total. The van der Waals surface area contributed by atoms with Crippen LogP contribution in [0.5, 0.6) is 11.5 Å². The van der Waals surface area contributed by atoms with Crippen molar-refractivity contribution in [3.63, 3.8) is 0 Å². The smallest absolute Gasteiger partial charge is 0.188 e. The van der Waals surface area contributed by atoms with Gasteiger partial charge in [0.1, 0.15) is 18.1 Å². The number of hydrogen-bond acceptors (Lipinski definition) is 4. The van der Waals surface area contributed by atoms with Crippen molar-refractivity contribution < 1.29 is 14.2 Å². The van der Waals surface area contributed by atoms with Crippen LogP contribution in [0.3, 0.4) is 0 Å². The monoisotopic (exact) mass is 311 g/mol. The molecular formula is C19H21NO3. The fraction of sp³-hybridized carbons (Fsp3) is 0.316. The van der Waals surface area contributed by atoms with Gasteiger partial charge in [0.25, 0.3) is 0 Å². The molecule has 23 heavy (non-hydrogen) atoms. The number of rotatable bonds is 6. The second kappa shape index (κ2) is 7.18. The van der Waals surface area contributed by atoms with E-state index in [9.17, 15) is 0 Å². The molecule has 0 amide bonds. The second-order valence-corrected chi connectivity index (χ2v) is 5.56. The molecule has 4 nitrogen and oxygen atoms in total.